The van der Waals surface area contributed by atoms with Gasteiger partial charge in [-0.15, -0.1) is 0 Å². The Morgan fingerprint density at radius 2 is 2.00 bits per heavy atom. The van der Waals surface area contributed by atoms with Gasteiger partial charge in [-0.05, 0) is 37.0 Å². The highest BCUT2D eigenvalue weighted by Gasteiger charge is 2.24. The van der Waals surface area contributed by atoms with E-state index in [0.717, 1.165) is 42.7 Å². The third-order valence-electron chi connectivity index (χ3n) is 4.51. The zero-order chi connectivity index (χ0) is 17.4. The van der Waals surface area contributed by atoms with E-state index < -0.39 is 0 Å². The van der Waals surface area contributed by atoms with Crippen molar-refractivity contribution >= 4 is 17.5 Å². The number of nitrogens with zero attached hydrogens (tertiary/aromatic N) is 2. The molecule has 24 heavy (non-hydrogen) atoms. The fourth-order valence-corrected chi connectivity index (χ4v) is 3.13. The second kappa shape index (κ2) is 9.34. The van der Waals surface area contributed by atoms with E-state index in [2.05, 4.69) is 5.32 Å². The first kappa shape index (κ1) is 18.4. The van der Waals surface area contributed by atoms with Gasteiger partial charge in [-0.25, -0.2) is 0 Å². The van der Waals surface area contributed by atoms with E-state index in [-0.39, 0.29) is 17.5 Å². The second-order valence-corrected chi connectivity index (χ2v) is 6.64. The van der Waals surface area contributed by atoms with E-state index in [1.807, 2.05) is 30.3 Å². The Hall–Kier alpha value is -1.99. The highest BCUT2D eigenvalue weighted by Crippen LogP contribution is 2.22. The zero-order valence-corrected chi connectivity index (χ0v) is 14.9. The lowest BCUT2D eigenvalue weighted by Crippen LogP contribution is -2.39. The summed E-state index contributed by atoms with van der Waals surface area (Å²) in [6.07, 6.45) is 7.97. The summed E-state index contributed by atoms with van der Waals surface area (Å²) in [7, 11) is 1.80. The fraction of sp³-hybridized carbons (Fsp3) is 0.474. The zero-order valence-electron chi connectivity index (χ0n) is 14.1. The third kappa shape index (κ3) is 5.28. The van der Waals surface area contributed by atoms with E-state index in [1.54, 1.807) is 11.9 Å². The smallest absolute Gasteiger partial charge is 0.265 e. The van der Waals surface area contributed by atoms with Crippen LogP contribution in [0.4, 0.5) is 0 Å². The van der Waals surface area contributed by atoms with E-state index in [4.69, 9.17) is 11.6 Å². The molecule has 1 amide bonds. The molecule has 0 radical (unpaired) electrons. The molecule has 0 heterocycles. The van der Waals surface area contributed by atoms with Gasteiger partial charge in [0, 0.05) is 30.9 Å². The number of nitrogens with one attached hydrogen (secondary N) is 1. The minimum atomic E-state index is -0.191. The van der Waals surface area contributed by atoms with Crippen molar-refractivity contribution in [1.29, 1.82) is 5.26 Å². The molecule has 5 heteroatoms. The average molecular weight is 346 g/mol. The van der Waals surface area contributed by atoms with Crippen LogP contribution in [-0.4, -0.2) is 30.4 Å². The number of halogens is 1. The largest absolute Gasteiger partial charge is 0.389 e. The van der Waals surface area contributed by atoms with Crippen LogP contribution in [0.3, 0.4) is 0 Å². The van der Waals surface area contributed by atoms with Gasteiger partial charge >= 0.3 is 0 Å². The number of nitriles is 1. The number of carbonyl (C=O) groups is 1. The van der Waals surface area contributed by atoms with Gasteiger partial charge < -0.3 is 10.2 Å². The van der Waals surface area contributed by atoms with Crippen molar-refractivity contribution in [3.8, 4) is 6.07 Å². The molecule has 1 aromatic rings. The summed E-state index contributed by atoms with van der Waals surface area (Å²) in [5.41, 5.74) is 1.32. The summed E-state index contributed by atoms with van der Waals surface area (Å²) in [5, 5.41) is 13.1. The molecular formula is C19H24ClN3O. The lowest BCUT2D eigenvalue weighted by molar-refractivity contribution is -0.128. The van der Waals surface area contributed by atoms with Crippen molar-refractivity contribution < 1.29 is 4.79 Å². The van der Waals surface area contributed by atoms with Gasteiger partial charge in [0.1, 0.15) is 11.6 Å². The average Bonchev–Trinajstić information content (AvgIpc) is 2.63. The monoisotopic (exact) mass is 345 g/mol. The maximum Gasteiger partial charge on any atom is 0.265 e. The first-order chi connectivity index (χ1) is 11.6. The molecule has 0 atom stereocenters. The van der Waals surface area contributed by atoms with Crippen LogP contribution in [0.15, 0.2) is 36.0 Å². The SMILES string of the molecule is CN(C(=O)/C(C#N)=C\NCCc1ccc(Cl)cc1)C1CCCCC1. The summed E-state index contributed by atoms with van der Waals surface area (Å²) in [6, 6.07) is 9.94. The molecule has 0 unspecified atom stereocenters. The lowest BCUT2D eigenvalue weighted by Gasteiger charge is -2.31. The minimum absolute atomic E-state index is 0.166. The molecular weight excluding hydrogens is 322 g/mol. The Kier molecular flexibility index (Phi) is 7.14. The first-order valence-electron chi connectivity index (χ1n) is 8.47. The predicted octanol–water partition coefficient (Wildman–Crippen LogP) is 3.67. The van der Waals surface area contributed by atoms with Crippen LogP contribution in [0.1, 0.15) is 37.7 Å². The molecule has 1 saturated carbocycles. The van der Waals surface area contributed by atoms with Gasteiger partial charge in [0.05, 0.1) is 0 Å². The molecule has 0 bridgehead atoms. The van der Waals surface area contributed by atoms with Crippen LogP contribution in [0, 0.1) is 11.3 Å². The molecule has 1 aromatic carbocycles. The Balaban J connectivity index is 1.85. The summed E-state index contributed by atoms with van der Waals surface area (Å²) >= 11 is 5.86. The Morgan fingerprint density at radius 1 is 1.33 bits per heavy atom. The van der Waals surface area contributed by atoms with Crippen LogP contribution in [0.25, 0.3) is 0 Å². The van der Waals surface area contributed by atoms with E-state index in [1.165, 1.54) is 12.6 Å². The highest BCUT2D eigenvalue weighted by atomic mass is 35.5. The van der Waals surface area contributed by atoms with E-state index in [9.17, 15) is 10.1 Å². The Morgan fingerprint density at radius 3 is 2.62 bits per heavy atom. The number of carbonyl (C=O) groups excluding carboxylic acids is 1. The van der Waals surface area contributed by atoms with Crippen molar-refractivity contribution in [3.63, 3.8) is 0 Å². The van der Waals surface area contributed by atoms with Crippen LogP contribution < -0.4 is 5.32 Å². The number of hydrogen-bond donors (Lipinski definition) is 1. The highest BCUT2D eigenvalue weighted by molar-refractivity contribution is 6.30. The Bertz CT molecular complexity index is 612. The maximum absolute atomic E-state index is 12.5. The van der Waals surface area contributed by atoms with Crippen LogP contribution in [-0.2, 0) is 11.2 Å². The van der Waals surface area contributed by atoms with Crippen molar-refractivity contribution in [2.24, 2.45) is 0 Å². The van der Waals surface area contributed by atoms with Crippen LogP contribution in [0.5, 0.6) is 0 Å². The molecule has 1 fully saturated rings. The van der Waals surface area contributed by atoms with Gasteiger partial charge in [-0.2, -0.15) is 5.26 Å². The second-order valence-electron chi connectivity index (χ2n) is 6.21. The summed E-state index contributed by atoms with van der Waals surface area (Å²) in [5.74, 6) is -0.191. The van der Waals surface area contributed by atoms with Crippen LogP contribution >= 0.6 is 11.6 Å². The van der Waals surface area contributed by atoms with Gasteiger partial charge in [-0.3, -0.25) is 4.79 Å². The van der Waals surface area contributed by atoms with Crippen molar-refractivity contribution in [3.05, 3.63) is 46.6 Å². The number of likely N-dealkylation sites (N-methyl/N-ethyl adjacent to an activating group) is 1. The molecule has 0 saturated heterocycles. The molecule has 128 valence electrons. The Labute approximate surface area is 149 Å². The molecule has 0 aliphatic heterocycles. The van der Waals surface area contributed by atoms with Gasteiger partial charge in [0.2, 0.25) is 0 Å². The first-order valence-corrected chi connectivity index (χ1v) is 8.85. The van der Waals surface area contributed by atoms with E-state index >= 15 is 0 Å². The number of rotatable bonds is 6. The maximum atomic E-state index is 12.5. The standard InChI is InChI=1S/C19H24ClN3O/c1-23(18-5-3-2-4-6-18)19(24)16(13-21)14-22-12-11-15-7-9-17(20)10-8-15/h7-10,14,18,22H,2-6,11-12H2,1H3/b16-14-. The molecule has 4 nitrogen and oxygen atoms in total. The quantitative estimate of drug-likeness (QED) is 0.486. The van der Waals surface area contributed by atoms with Crippen molar-refractivity contribution in [1.82, 2.24) is 10.2 Å². The summed E-state index contributed by atoms with van der Waals surface area (Å²) in [4.78, 5) is 14.2. The van der Waals surface area contributed by atoms with Gasteiger partial charge in [0.15, 0.2) is 0 Å². The normalized spacial score (nSPS) is 15.6. The minimum Gasteiger partial charge on any atom is -0.389 e. The summed E-state index contributed by atoms with van der Waals surface area (Å²) < 4.78 is 0. The van der Waals surface area contributed by atoms with Crippen molar-refractivity contribution in [2.45, 2.75) is 44.6 Å². The number of hydrogen-bond acceptors (Lipinski definition) is 3. The summed E-state index contributed by atoms with van der Waals surface area (Å²) in [6.45, 7) is 0.660. The van der Waals surface area contributed by atoms with Gasteiger partial charge in [-0.1, -0.05) is 43.0 Å². The lowest BCUT2D eigenvalue weighted by atomic mass is 9.94. The van der Waals surface area contributed by atoms with Crippen LogP contribution in [0.2, 0.25) is 5.02 Å². The molecule has 1 aliphatic rings. The third-order valence-corrected chi connectivity index (χ3v) is 4.76. The molecule has 2 rings (SSSR count). The predicted molar refractivity (Wildman–Crippen MR) is 96.5 cm³/mol. The topological polar surface area (TPSA) is 56.1 Å². The molecule has 1 aliphatic carbocycles. The van der Waals surface area contributed by atoms with E-state index in [0.29, 0.717) is 6.54 Å². The van der Waals surface area contributed by atoms with Gasteiger partial charge in [0.25, 0.3) is 5.91 Å². The fourth-order valence-electron chi connectivity index (χ4n) is 3.01. The van der Waals surface area contributed by atoms with Crippen molar-refractivity contribution in [2.75, 3.05) is 13.6 Å². The molecule has 0 spiro atoms. The number of benzene rings is 1. The molecule has 1 N–H and O–H groups in total. The molecule has 0 aromatic heterocycles. The number of amides is 1.